The minimum absolute atomic E-state index is 0.0132. The molecule has 0 aliphatic carbocycles. The SMILES string of the molecule is Cc1cc(C(N)c2ccccc2OC(F)F)c(F)cc1F. The summed E-state index contributed by atoms with van der Waals surface area (Å²) in [5, 5.41) is 0. The maximum absolute atomic E-state index is 13.9. The van der Waals surface area contributed by atoms with E-state index in [1.54, 1.807) is 6.07 Å². The van der Waals surface area contributed by atoms with Crippen LogP contribution in [0.1, 0.15) is 22.7 Å². The molecule has 112 valence electrons. The van der Waals surface area contributed by atoms with Gasteiger partial charge in [0.15, 0.2) is 0 Å². The van der Waals surface area contributed by atoms with E-state index in [0.717, 1.165) is 6.07 Å². The van der Waals surface area contributed by atoms with Crippen LogP contribution in [0.4, 0.5) is 17.6 Å². The van der Waals surface area contributed by atoms with Crippen molar-refractivity contribution in [2.45, 2.75) is 19.6 Å². The molecule has 2 nitrogen and oxygen atoms in total. The van der Waals surface area contributed by atoms with E-state index in [2.05, 4.69) is 4.74 Å². The lowest BCUT2D eigenvalue weighted by Gasteiger charge is -2.18. The van der Waals surface area contributed by atoms with Crippen LogP contribution < -0.4 is 10.5 Å². The first-order valence-corrected chi connectivity index (χ1v) is 6.15. The van der Waals surface area contributed by atoms with Crippen LogP contribution in [-0.4, -0.2) is 6.61 Å². The van der Waals surface area contributed by atoms with Crippen LogP contribution in [0, 0.1) is 18.6 Å². The highest BCUT2D eigenvalue weighted by Gasteiger charge is 2.20. The Balaban J connectivity index is 2.45. The normalized spacial score (nSPS) is 12.5. The van der Waals surface area contributed by atoms with Gasteiger partial charge in [-0.1, -0.05) is 18.2 Å². The van der Waals surface area contributed by atoms with Crippen LogP contribution in [0.2, 0.25) is 0 Å². The minimum Gasteiger partial charge on any atom is -0.434 e. The van der Waals surface area contributed by atoms with Gasteiger partial charge in [0.25, 0.3) is 0 Å². The van der Waals surface area contributed by atoms with E-state index in [4.69, 9.17) is 5.73 Å². The number of rotatable bonds is 4. The number of benzene rings is 2. The summed E-state index contributed by atoms with van der Waals surface area (Å²) in [7, 11) is 0. The second-order valence-corrected chi connectivity index (χ2v) is 4.52. The number of aryl methyl sites for hydroxylation is 1. The second kappa shape index (κ2) is 6.13. The molecule has 2 aromatic carbocycles. The molecule has 0 fully saturated rings. The van der Waals surface area contributed by atoms with Crippen LogP contribution >= 0.6 is 0 Å². The number of alkyl halides is 2. The topological polar surface area (TPSA) is 35.2 Å². The van der Waals surface area contributed by atoms with Crippen molar-refractivity contribution in [3.05, 3.63) is 64.7 Å². The third-order valence-electron chi connectivity index (χ3n) is 3.08. The van der Waals surface area contributed by atoms with Gasteiger partial charge in [-0.15, -0.1) is 0 Å². The predicted molar refractivity (Wildman–Crippen MR) is 70.2 cm³/mol. The number of nitrogens with two attached hydrogens (primary N) is 1. The van der Waals surface area contributed by atoms with Gasteiger partial charge in [0.2, 0.25) is 0 Å². The predicted octanol–water partition coefficient (Wildman–Crippen LogP) is 3.92. The highest BCUT2D eigenvalue weighted by atomic mass is 19.3. The van der Waals surface area contributed by atoms with Gasteiger partial charge < -0.3 is 10.5 Å². The molecule has 1 unspecified atom stereocenters. The first kappa shape index (κ1) is 15.3. The van der Waals surface area contributed by atoms with Gasteiger partial charge in [-0.05, 0) is 24.6 Å². The molecule has 21 heavy (non-hydrogen) atoms. The molecule has 0 spiro atoms. The molecule has 0 aliphatic heterocycles. The molecule has 0 bridgehead atoms. The van der Waals surface area contributed by atoms with Crippen LogP contribution in [-0.2, 0) is 0 Å². The minimum atomic E-state index is -3.02. The average molecular weight is 299 g/mol. The van der Waals surface area contributed by atoms with Crippen LogP contribution in [0.15, 0.2) is 36.4 Å². The zero-order chi connectivity index (χ0) is 15.6. The van der Waals surface area contributed by atoms with E-state index in [0.29, 0.717) is 0 Å². The molecule has 0 amide bonds. The summed E-state index contributed by atoms with van der Waals surface area (Å²) in [6.45, 7) is -1.55. The summed E-state index contributed by atoms with van der Waals surface area (Å²) < 4.78 is 56.2. The monoisotopic (exact) mass is 299 g/mol. The van der Waals surface area contributed by atoms with Crippen molar-refractivity contribution in [2.24, 2.45) is 5.73 Å². The maximum Gasteiger partial charge on any atom is 0.387 e. The van der Waals surface area contributed by atoms with Crippen molar-refractivity contribution >= 4 is 0 Å². The Hall–Kier alpha value is -2.08. The largest absolute Gasteiger partial charge is 0.434 e. The molecular weight excluding hydrogens is 286 g/mol. The van der Waals surface area contributed by atoms with Crippen LogP contribution in [0.25, 0.3) is 0 Å². The Kier molecular flexibility index (Phi) is 4.47. The quantitative estimate of drug-likeness (QED) is 0.868. The highest BCUT2D eigenvalue weighted by Crippen LogP contribution is 2.31. The van der Waals surface area contributed by atoms with Gasteiger partial charge in [-0.2, -0.15) is 8.78 Å². The maximum atomic E-state index is 13.9. The zero-order valence-electron chi connectivity index (χ0n) is 11.1. The Labute approximate surface area is 119 Å². The van der Waals surface area contributed by atoms with Crippen molar-refractivity contribution < 1.29 is 22.3 Å². The fraction of sp³-hybridized carbons (Fsp3) is 0.200. The molecule has 0 heterocycles. The number of hydrogen-bond donors (Lipinski definition) is 1. The number of para-hydroxylation sites is 1. The summed E-state index contributed by atoms with van der Waals surface area (Å²) in [6, 6.07) is 6.78. The lowest BCUT2D eigenvalue weighted by atomic mass is 9.96. The first-order chi connectivity index (χ1) is 9.90. The summed E-state index contributed by atoms with van der Waals surface area (Å²) in [4.78, 5) is 0. The van der Waals surface area contributed by atoms with Crippen molar-refractivity contribution in [2.75, 3.05) is 0 Å². The fourth-order valence-corrected chi connectivity index (χ4v) is 2.03. The molecule has 0 radical (unpaired) electrons. The second-order valence-electron chi connectivity index (χ2n) is 4.52. The third-order valence-corrected chi connectivity index (χ3v) is 3.08. The van der Waals surface area contributed by atoms with Gasteiger partial charge >= 0.3 is 6.61 Å². The molecular formula is C15H13F4NO. The van der Waals surface area contributed by atoms with Gasteiger partial charge in [0.05, 0.1) is 6.04 Å². The molecule has 2 N–H and O–H groups in total. The zero-order valence-corrected chi connectivity index (χ0v) is 11.1. The Morgan fingerprint density at radius 1 is 1.00 bits per heavy atom. The standard InChI is InChI=1S/C15H13F4NO/c1-8-6-10(12(17)7-11(8)16)14(20)9-4-2-3-5-13(9)21-15(18)19/h2-7,14-15H,20H2,1H3. The van der Waals surface area contributed by atoms with Crippen molar-refractivity contribution in [3.63, 3.8) is 0 Å². The van der Waals surface area contributed by atoms with E-state index in [1.807, 2.05) is 0 Å². The Morgan fingerprint density at radius 2 is 1.67 bits per heavy atom. The molecule has 1 atom stereocenters. The molecule has 0 aromatic heterocycles. The van der Waals surface area contributed by atoms with Gasteiger partial charge in [-0.25, -0.2) is 8.78 Å². The fourth-order valence-electron chi connectivity index (χ4n) is 2.03. The third kappa shape index (κ3) is 3.33. The molecule has 0 saturated carbocycles. The van der Waals surface area contributed by atoms with Gasteiger partial charge in [0.1, 0.15) is 17.4 Å². The summed E-state index contributed by atoms with van der Waals surface area (Å²) in [5.41, 5.74) is 6.35. The lowest BCUT2D eigenvalue weighted by Crippen LogP contribution is -2.16. The van der Waals surface area contributed by atoms with Gasteiger partial charge in [0, 0.05) is 17.2 Å². The summed E-state index contributed by atoms with van der Waals surface area (Å²) in [5.74, 6) is -1.67. The molecule has 0 saturated heterocycles. The van der Waals surface area contributed by atoms with E-state index in [-0.39, 0.29) is 22.4 Å². The molecule has 2 aromatic rings. The van der Waals surface area contributed by atoms with E-state index in [1.165, 1.54) is 31.2 Å². The number of ether oxygens (including phenoxy) is 1. The van der Waals surface area contributed by atoms with Crippen molar-refractivity contribution in [3.8, 4) is 5.75 Å². The van der Waals surface area contributed by atoms with Crippen molar-refractivity contribution in [1.29, 1.82) is 0 Å². The molecule has 2 rings (SSSR count). The summed E-state index contributed by atoms with van der Waals surface area (Å²) >= 11 is 0. The smallest absolute Gasteiger partial charge is 0.387 e. The average Bonchev–Trinajstić information content (AvgIpc) is 2.42. The Morgan fingerprint density at radius 3 is 2.33 bits per heavy atom. The lowest BCUT2D eigenvalue weighted by molar-refractivity contribution is -0.0505. The highest BCUT2D eigenvalue weighted by molar-refractivity contribution is 5.42. The van der Waals surface area contributed by atoms with E-state index in [9.17, 15) is 17.6 Å². The Bertz CT molecular complexity index is 646. The molecule has 0 aliphatic rings. The number of halogens is 4. The van der Waals surface area contributed by atoms with E-state index >= 15 is 0 Å². The molecule has 6 heteroatoms. The van der Waals surface area contributed by atoms with Crippen LogP contribution in [0.5, 0.6) is 5.75 Å². The van der Waals surface area contributed by atoms with Crippen LogP contribution in [0.3, 0.4) is 0 Å². The summed E-state index contributed by atoms with van der Waals surface area (Å²) in [6.07, 6.45) is 0. The van der Waals surface area contributed by atoms with Gasteiger partial charge in [-0.3, -0.25) is 0 Å². The number of hydrogen-bond acceptors (Lipinski definition) is 2. The van der Waals surface area contributed by atoms with E-state index < -0.39 is 24.3 Å². The first-order valence-electron chi connectivity index (χ1n) is 6.15. The van der Waals surface area contributed by atoms with Crippen molar-refractivity contribution in [1.82, 2.24) is 0 Å².